The second-order valence-corrected chi connectivity index (χ2v) is 5.04. The molecular formula is C12H22N2O2. The zero-order valence-corrected chi connectivity index (χ0v) is 9.84. The Morgan fingerprint density at radius 2 is 2.12 bits per heavy atom. The molecule has 1 aliphatic carbocycles. The van der Waals surface area contributed by atoms with E-state index in [9.17, 15) is 4.79 Å². The summed E-state index contributed by atoms with van der Waals surface area (Å²) < 4.78 is 5.50. The second-order valence-electron chi connectivity index (χ2n) is 5.04. The first-order chi connectivity index (χ1) is 7.71. The van der Waals surface area contributed by atoms with E-state index in [4.69, 9.17) is 10.5 Å². The third-order valence-electron chi connectivity index (χ3n) is 3.72. The number of amides is 1. The highest BCUT2D eigenvalue weighted by Crippen LogP contribution is 2.27. The van der Waals surface area contributed by atoms with Crippen molar-refractivity contribution in [1.82, 2.24) is 5.32 Å². The lowest BCUT2D eigenvalue weighted by Gasteiger charge is -2.22. The zero-order chi connectivity index (χ0) is 11.4. The first-order valence-electron chi connectivity index (χ1n) is 6.39. The molecule has 1 aliphatic heterocycles. The van der Waals surface area contributed by atoms with E-state index >= 15 is 0 Å². The Hall–Kier alpha value is -0.610. The molecule has 1 unspecified atom stereocenters. The van der Waals surface area contributed by atoms with Crippen molar-refractivity contribution in [3.05, 3.63) is 0 Å². The number of hydrogen-bond acceptors (Lipinski definition) is 3. The number of nitrogens with one attached hydrogen (secondary N) is 1. The molecule has 2 aliphatic rings. The van der Waals surface area contributed by atoms with Gasteiger partial charge in [0.2, 0.25) is 5.91 Å². The average Bonchev–Trinajstić information content (AvgIpc) is 2.90. The Morgan fingerprint density at radius 3 is 2.75 bits per heavy atom. The lowest BCUT2D eigenvalue weighted by molar-refractivity contribution is -0.126. The predicted octanol–water partition coefficient (Wildman–Crippen LogP) is 0.943. The molecule has 2 rings (SSSR count). The standard InChI is InChI=1S/C12H22N2O2/c13-12(6-1-2-7-12)11(15)14-8-5-10-4-3-9-16-10/h10H,1-9,13H2,(H,14,15). The quantitative estimate of drug-likeness (QED) is 0.750. The molecule has 0 radical (unpaired) electrons. The highest BCUT2D eigenvalue weighted by atomic mass is 16.5. The zero-order valence-electron chi connectivity index (χ0n) is 9.84. The van der Waals surface area contributed by atoms with Crippen LogP contribution in [0, 0.1) is 0 Å². The van der Waals surface area contributed by atoms with Gasteiger partial charge in [0.25, 0.3) is 0 Å². The molecule has 16 heavy (non-hydrogen) atoms. The summed E-state index contributed by atoms with van der Waals surface area (Å²) >= 11 is 0. The largest absolute Gasteiger partial charge is 0.378 e. The van der Waals surface area contributed by atoms with Crippen molar-refractivity contribution >= 4 is 5.91 Å². The lowest BCUT2D eigenvalue weighted by Crippen LogP contribution is -2.52. The minimum absolute atomic E-state index is 0.0306. The monoisotopic (exact) mass is 226 g/mol. The van der Waals surface area contributed by atoms with Crippen LogP contribution in [0.1, 0.15) is 44.9 Å². The molecule has 1 saturated carbocycles. The van der Waals surface area contributed by atoms with Crippen molar-refractivity contribution in [3.8, 4) is 0 Å². The van der Waals surface area contributed by atoms with Crippen LogP contribution < -0.4 is 11.1 Å². The smallest absolute Gasteiger partial charge is 0.240 e. The van der Waals surface area contributed by atoms with Gasteiger partial charge in [-0.15, -0.1) is 0 Å². The third-order valence-corrected chi connectivity index (χ3v) is 3.72. The first-order valence-corrected chi connectivity index (χ1v) is 6.39. The number of carbonyl (C=O) groups is 1. The van der Waals surface area contributed by atoms with Crippen LogP contribution in [0.3, 0.4) is 0 Å². The molecule has 4 nitrogen and oxygen atoms in total. The van der Waals surface area contributed by atoms with Gasteiger partial charge >= 0.3 is 0 Å². The summed E-state index contributed by atoms with van der Waals surface area (Å²) in [5, 5.41) is 2.95. The average molecular weight is 226 g/mol. The second kappa shape index (κ2) is 5.15. The molecule has 1 atom stereocenters. The summed E-state index contributed by atoms with van der Waals surface area (Å²) in [4.78, 5) is 11.9. The molecule has 0 aromatic carbocycles. The highest BCUT2D eigenvalue weighted by Gasteiger charge is 2.36. The van der Waals surface area contributed by atoms with Crippen LogP contribution in [-0.4, -0.2) is 30.7 Å². The van der Waals surface area contributed by atoms with Crippen LogP contribution >= 0.6 is 0 Å². The fourth-order valence-electron chi connectivity index (χ4n) is 2.63. The summed E-state index contributed by atoms with van der Waals surface area (Å²) in [6, 6.07) is 0. The normalized spacial score (nSPS) is 28.2. The minimum atomic E-state index is -0.587. The van der Waals surface area contributed by atoms with Gasteiger partial charge in [0.15, 0.2) is 0 Å². The van der Waals surface area contributed by atoms with Crippen LogP contribution in [-0.2, 0) is 9.53 Å². The fraction of sp³-hybridized carbons (Fsp3) is 0.917. The molecule has 1 amide bonds. The SMILES string of the molecule is NC1(C(=O)NCCC2CCCO2)CCCC1. The van der Waals surface area contributed by atoms with Crippen molar-refractivity contribution in [2.45, 2.75) is 56.6 Å². The molecule has 0 aromatic rings. The van der Waals surface area contributed by atoms with E-state index in [1.165, 1.54) is 0 Å². The number of nitrogens with two attached hydrogens (primary N) is 1. The van der Waals surface area contributed by atoms with Gasteiger partial charge in [0.1, 0.15) is 0 Å². The van der Waals surface area contributed by atoms with E-state index in [2.05, 4.69) is 5.32 Å². The number of carbonyl (C=O) groups excluding carboxylic acids is 1. The van der Waals surface area contributed by atoms with Gasteiger partial charge in [-0.1, -0.05) is 12.8 Å². The summed E-state index contributed by atoms with van der Waals surface area (Å²) in [6.45, 7) is 1.57. The highest BCUT2D eigenvalue weighted by molar-refractivity contribution is 5.86. The lowest BCUT2D eigenvalue weighted by atomic mass is 9.98. The van der Waals surface area contributed by atoms with Gasteiger partial charge in [-0.3, -0.25) is 4.79 Å². The Kier molecular flexibility index (Phi) is 3.82. The van der Waals surface area contributed by atoms with E-state index < -0.39 is 5.54 Å². The van der Waals surface area contributed by atoms with Crippen LogP contribution in [0.15, 0.2) is 0 Å². The van der Waals surface area contributed by atoms with Crippen LogP contribution in [0.2, 0.25) is 0 Å². The molecule has 4 heteroatoms. The number of hydrogen-bond donors (Lipinski definition) is 2. The van der Waals surface area contributed by atoms with E-state index in [0.29, 0.717) is 12.6 Å². The Morgan fingerprint density at radius 1 is 1.38 bits per heavy atom. The topological polar surface area (TPSA) is 64.4 Å². The van der Waals surface area contributed by atoms with E-state index in [-0.39, 0.29) is 5.91 Å². The van der Waals surface area contributed by atoms with Gasteiger partial charge < -0.3 is 15.8 Å². The molecule has 92 valence electrons. The van der Waals surface area contributed by atoms with Crippen LogP contribution in [0.25, 0.3) is 0 Å². The Bertz CT molecular complexity index is 243. The maximum Gasteiger partial charge on any atom is 0.240 e. The van der Waals surface area contributed by atoms with Crippen molar-refractivity contribution in [1.29, 1.82) is 0 Å². The van der Waals surface area contributed by atoms with Gasteiger partial charge in [0.05, 0.1) is 11.6 Å². The fourth-order valence-corrected chi connectivity index (χ4v) is 2.63. The van der Waals surface area contributed by atoms with Gasteiger partial charge in [-0.05, 0) is 32.1 Å². The summed E-state index contributed by atoms with van der Waals surface area (Å²) in [5.74, 6) is 0.0306. The maximum absolute atomic E-state index is 11.9. The Balaban J connectivity index is 1.67. The maximum atomic E-state index is 11.9. The molecule has 0 bridgehead atoms. The third kappa shape index (κ3) is 2.74. The predicted molar refractivity (Wildman–Crippen MR) is 62.0 cm³/mol. The van der Waals surface area contributed by atoms with Gasteiger partial charge in [-0.2, -0.15) is 0 Å². The first kappa shape index (κ1) is 11.9. The van der Waals surface area contributed by atoms with Crippen molar-refractivity contribution < 1.29 is 9.53 Å². The summed E-state index contributed by atoms with van der Waals surface area (Å²) in [6.07, 6.45) is 7.37. The molecule has 3 N–H and O–H groups in total. The van der Waals surface area contributed by atoms with E-state index in [1.807, 2.05) is 0 Å². The minimum Gasteiger partial charge on any atom is -0.378 e. The number of rotatable bonds is 4. The molecule has 0 aromatic heterocycles. The van der Waals surface area contributed by atoms with Gasteiger partial charge in [-0.25, -0.2) is 0 Å². The molecule has 1 heterocycles. The molecular weight excluding hydrogens is 204 g/mol. The summed E-state index contributed by atoms with van der Waals surface area (Å²) in [5.41, 5.74) is 5.47. The van der Waals surface area contributed by atoms with Crippen molar-refractivity contribution in [2.24, 2.45) is 5.73 Å². The van der Waals surface area contributed by atoms with Crippen molar-refractivity contribution in [2.75, 3.05) is 13.2 Å². The van der Waals surface area contributed by atoms with Crippen molar-refractivity contribution in [3.63, 3.8) is 0 Å². The van der Waals surface area contributed by atoms with Crippen LogP contribution in [0.4, 0.5) is 0 Å². The van der Waals surface area contributed by atoms with E-state index in [1.54, 1.807) is 0 Å². The van der Waals surface area contributed by atoms with Crippen LogP contribution in [0.5, 0.6) is 0 Å². The van der Waals surface area contributed by atoms with E-state index in [0.717, 1.165) is 51.6 Å². The Labute approximate surface area is 96.9 Å². The number of ether oxygens (including phenoxy) is 1. The molecule has 0 spiro atoms. The molecule has 2 fully saturated rings. The molecule has 1 saturated heterocycles. The summed E-state index contributed by atoms with van der Waals surface area (Å²) in [7, 11) is 0. The van der Waals surface area contributed by atoms with Gasteiger partial charge in [0, 0.05) is 13.2 Å².